The lowest BCUT2D eigenvalue weighted by molar-refractivity contribution is 0.0939. The van der Waals surface area contributed by atoms with Gasteiger partial charge < -0.3 is 10.6 Å². The molecule has 0 aliphatic rings. The molecule has 126 valence electrons. The third kappa shape index (κ3) is 4.41. The van der Waals surface area contributed by atoms with Crippen molar-refractivity contribution in [2.45, 2.75) is 40.2 Å². The van der Waals surface area contributed by atoms with E-state index in [2.05, 4.69) is 15.6 Å². The van der Waals surface area contributed by atoms with E-state index < -0.39 is 0 Å². The highest BCUT2D eigenvalue weighted by molar-refractivity contribution is 6.04. The van der Waals surface area contributed by atoms with Crippen LogP contribution in [-0.4, -0.2) is 22.8 Å². The number of nitrogens with one attached hydrogen (secondary N) is 2. The standard InChI is InChI=1S/C19H23N3O2/c1-5-14(4)21-18(23)15-8-9-20-17(11-15)19(24)22-16-7-6-12(2)13(3)10-16/h6-11,14H,5H2,1-4H3,(H,21,23)(H,22,24). The van der Waals surface area contributed by atoms with Crippen LogP contribution in [-0.2, 0) is 0 Å². The first-order chi connectivity index (χ1) is 11.4. The molecule has 2 aromatic rings. The van der Waals surface area contributed by atoms with Gasteiger partial charge in [0, 0.05) is 23.5 Å². The molecule has 0 radical (unpaired) electrons. The Kier molecular flexibility index (Phi) is 5.68. The highest BCUT2D eigenvalue weighted by Crippen LogP contribution is 2.15. The molecule has 5 nitrogen and oxygen atoms in total. The second-order valence-corrected chi connectivity index (χ2v) is 5.97. The van der Waals surface area contributed by atoms with E-state index in [1.807, 2.05) is 45.9 Å². The van der Waals surface area contributed by atoms with Gasteiger partial charge in [0.2, 0.25) is 0 Å². The van der Waals surface area contributed by atoms with Crippen molar-refractivity contribution in [1.29, 1.82) is 0 Å². The Bertz CT molecular complexity index is 756. The summed E-state index contributed by atoms with van der Waals surface area (Å²) in [6, 6.07) is 8.90. The largest absolute Gasteiger partial charge is 0.350 e. The zero-order chi connectivity index (χ0) is 17.7. The molecule has 0 saturated heterocycles. The second kappa shape index (κ2) is 7.73. The maximum Gasteiger partial charge on any atom is 0.274 e. The normalized spacial score (nSPS) is 11.7. The third-order valence-corrected chi connectivity index (χ3v) is 4.01. The predicted octanol–water partition coefficient (Wildman–Crippen LogP) is 3.48. The van der Waals surface area contributed by atoms with E-state index in [1.165, 1.54) is 12.3 Å². The van der Waals surface area contributed by atoms with E-state index in [0.29, 0.717) is 11.3 Å². The summed E-state index contributed by atoms with van der Waals surface area (Å²) in [6.07, 6.45) is 2.32. The highest BCUT2D eigenvalue weighted by atomic mass is 16.2. The van der Waals surface area contributed by atoms with Crippen LogP contribution in [0.4, 0.5) is 5.69 Å². The summed E-state index contributed by atoms with van der Waals surface area (Å²) in [7, 11) is 0. The average Bonchev–Trinajstić information content (AvgIpc) is 2.58. The lowest BCUT2D eigenvalue weighted by Gasteiger charge is -2.12. The second-order valence-electron chi connectivity index (χ2n) is 5.97. The molecular formula is C19H23N3O2. The molecule has 1 atom stereocenters. The van der Waals surface area contributed by atoms with Crippen molar-refractivity contribution in [3.63, 3.8) is 0 Å². The van der Waals surface area contributed by atoms with E-state index in [1.54, 1.807) is 6.07 Å². The monoisotopic (exact) mass is 325 g/mol. The molecule has 0 saturated carbocycles. The van der Waals surface area contributed by atoms with Gasteiger partial charge in [-0.2, -0.15) is 0 Å². The maximum atomic E-state index is 12.4. The summed E-state index contributed by atoms with van der Waals surface area (Å²) in [5.41, 5.74) is 3.61. The summed E-state index contributed by atoms with van der Waals surface area (Å²) in [5.74, 6) is -0.538. The molecule has 2 rings (SSSR count). The Morgan fingerprint density at radius 1 is 1.08 bits per heavy atom. The smallest absolute Gasteiger partial charge is 0.274 e. The van der Waals surface area contributed by atoms with Crippen LogP contribution in [0.3, 0.4) is 0 Å². The van der Waals surface area contributed by atoms with Gasteiger partial charge in [-0.05, 0) is 62.6 Å². The van der Waals surface area contributed by atoms with E-state index in [9.17, 15) is 9.59 Å². The van der Waals surface area contributed by atoms with Gasteiger partial charge in [-0.1, -0.05) is 13.0 Å². The zero-order valence-electron chi connectivity index (χ0n) is 14.5. The third-order valence-electron chi connectivity index (χ3n) is 4.01. The van der Waals surface area contributed by atoms with Crippen LogP contribution in [0.1, 0.15) is 52.2 Å². The fourth-order valence-corrected chi connectivity index (χ4v) is 2.12. The summed E-state index contributed by atoms with van der Waals surface area (Å²) >= 11 is 0. The number of benzene rings is 1. The number of hydrogen-bond donors (Lipinski definition) is 2. The Balaban J connectivity index is 2.13. The van der Waals surface area contributed by atoms with Crippen molar-refractivity contribution in [2.24, 2.45) is 0 Å². The lowest BCUT2D eigenvalue weighted by atomic mass is 10.1. The molecule has 5 heteroatoms. The van der Waals surface area contributed by atoms with Crippen LogP contribution in [0.15, 0.2) is 36.5 Å². The molecule has 0 aliphatic carbocycles. The highest BCUT2D eigenvalue weighted by Gasteiger charge is 2.13. The molecule has 1 heterocycles. The number of pyridine rings is 1. The van der Waals surface area contributed by atoms with E-state index in [-0.39, 0.29) is 23.6 Å². The van der Waals surface area contributed by atoms with Crippen LogP contribution in [0.5, 0.6) is 0 Å². The van der Waals surface area contributed by atoms with Gasteiger partial charge in [-0.15, -0.1) is 0 Å². The average molecular weight is 325 g/mol. The van der Waals surface area contributed by atoms with E-state index in [0.717, 1.165) is 17.5 Å². The van der Waals surface area contributed by atoms with Crippen molar-refractivity contribution in [2.75, 3.05) is 5.32 Å². The molecule has 1 aromatic carbocycles. The fourth-order valence-electron chi connectivity index (χ4n) is 2.12. The molecule has 0 fully saturated rings. The van der Waals surface area contributed by atoms with Crippen molar-refractivity contribution in [1.82, 2.24) is 10.3 Å². The van der Waals surface area contributed by atoms with Crippen LogP contribution in [0.25, 0.3) is 0 Å². The number of hydrogen-bond acceptors (Lipinski definition) is 3. The van der Waals surface area contributed by atoms with Gasteiger partial charge in [0.15, 0.2) is 0 Å². The van der Waals surface area contributed by atoms with Gasteiger partial charge in [0.1, 0.15) is 5.69 Å². The Hall–Kier alpha value is -2.69. The molecule has 2 N–H and O–H groups in total. The fraction of sp³-hybridized carbons (Fsp3) is 0.316. The minimum Gasteiger partial charge on any atom is -0.350 e. The minimum atomic E-state index is -0.337. The SMILES string of the molecule is CCC(C)NC(=O)c1ccnc(C(=O)Nc2ccc(C)c(C)c2)c1. The number of amides is 2. The van der Waals surface area contributed by atoms with Crippen LogP contribution in [0, 0.1) is 13.8 Å². The summed E-state index contributed by atoms with van der Waals surface area (Å²) < 4.78 is 0. The first kappa shape index (κ1) is 17.7. The summed E-state index contributed by atoms with van der Waals surface area (Å²) in [5, 5.41) is 5.69. The quantitative estimate of drug-likeness (QED) is 0.884. The van der Waals surface area contributed by atoms with Crippen molar-refractivity contribution >= 4 is 17.5 Å². The number of aromatic nitrogens is 1. The van der Waals surface area contributed by atoms with E-state index >= 15 is 0 Å². The molecule has 1 unspecified atom stereocenters. The number of carbonyl (C=O) groups is 2. The summed E-state index contributed by atoms with van der Waals surface area (Å²) in [6.45, 7) is 7.94. The summed E-state index contributed by atoms with van der Waals surface area (Å²) in [4.78, 5) is 28.6. The Morgan fingerprint density at radius 2 is 1.83 bits per heavy atom. The molecule has 24 heavy (non-hydrogen) atoms. The first-order valence-electron chi connectivity index (χ1n) is 8.06. The van der Waals surface area contributed by atoms with Gasteiger partial charge in [-0.3, -0.25) is 14.6 Å². The Morgan fingerprint density at radius 3 is 2.50 bits per heavy atom. The molecule has 0 spiro atoms. The maximum absolute atomic E-state index is 12.4. The minimum absolute atomic E-state index is 0.0819. The first-order valence-corrected chi connectivity index (χ1v) is 8.06. The van der Waals surface area contributed by atoms with Crippen LogP contribution in [0.2, 0.25) is 0 Å². The Labute approximate surface area is 142 Å². The number of nitrogens with zero attached hydrogens (tertiary/aromatic N) is 1. The zero-order valence-corrected chi connectivity index (χ0v) is 14.5. The molecule has 0 aliphatic heterocycles. The van der Waals surface area contributed by atoms with Crippen molar-refractivity contribution in [3.8, 4) is 0 Å². The molecule has 1 aromatic heterocycles. The molecular weight excluding hydrogens is 302 g/mol. The lowest BCUT2D eigenvalue weighted by Crippen LogP contribution is -2.32. The van der Waals surface area contributed by atoms with Gasteiger partial charge in [-0.25, -0.2) is 0 Å². The predicted molar refractivity (Wildman–Crippen MR) is 95.3 cm³/mol. The molecule has 0 bridgehead atoms. The van der Waals surface area contributed by atoms with Crippen LogP contribution >= 0.6 is 0 Å². The van der Waals surface area contributed by atoms with E-state index in [4.69, 9.17) is 0 Å². The number of carbonyl (C=O) groups excluding carboxylic acids is 2. The number of anilines is 1. The molecule has 2 amide bonds. The van der Waals surface area contributed by atoms with Gasteiger partial charge >= 0.3 is 0 Å². The topological polar surface area (TPSA) is 71.1 Å². The van der Waals surface area contributed by atoms with Gasteiger partial charge in [0.05, 0.1) is 0 Å². The van der Waals surface area contributed by atoms with Crippen LogP contribution < -0.4 is 10.6 Å². The number of rotatable bonds is 5. The van der Waals surface area contributed by atoms with Crippen molar-refractivity contribution in [3.05, 3.63) is 58.9 Å². The van der Waals surface area contributed by atoms with Crippen molar-refractivity contribution < 1.29 is 9.59 Å². The van der Waals surface area contributed by atoms with Gasteiger partial charge in [0.25, 0.3) is 11.8 Å². The number of aryl methyl sites for hydroxylation is 2.